The van der Waals surface area contributed by atoms with E-state index in [-0.39, 0.29) is 5.39 Å². The van der Waals surface area contributed by atoms with Gasteiger partial charge in [0.1, 0.15) is 12.7 Å². The number of esters is 4. The van der Waals surface area contributed by atoms with Crippen molar-refractivity contribution >= 4 is 40.6 Å². The van der Waals surface area contributed by atoms with Gasteiger partial charge in [-0.25, -0.2) is 4.79 Å². The number of aromatic carboxylic acids is 1. The van der Waals surface area contributed by atoms with Gasteiger partial charge in [-0.1, -0.05) is 0 Å². The first-order chi connectivity index (χ1) is 19.6. The van der Waals surface area contributed by atoms with Crippen molar-refractivity contribution in [2.45, 2.75) is 58.4 Å². The van der Waals surface area contributed by atoms with Gasteiger partial charge >= 0.3 is 29.8 Å². The Morgan fingerprint density at radius 2 is 1.33 bits per heavy atom. The van der Waals surface area contributed by atoms with E-state index in [0.29, 0.717) is 6.07 Å². The van der Waals surface area contributed by atoms with Crippen molar-refractivity contribution in [2.24, 2.45) is 0 Å². The first-order valence-corrected chi connectivity index (χ1v) is 12.1. The lowest BCUT2D eigenvalue weighted by molar-refractivity contribution is -0.288. The second kappa shape index (κ2) is 12.6. The van der Waals surface area contributed by atoms with Crippen LogP contribution >= 0.6 is 0 Å². The summed E-state index contributed by atoms with van der Waals surface area (Å²) in [6.07, 6.45) is -8.05. The first-order valence-electron chi connectivity index (χ1n) is 12.1. The quantitative estimate of drug-likeness (QED) is 0.184. The molecule has 1 heterocycles. The number of benzene rings is 1. The molecule has 1 saturated heterocycles. The van der Waals surface area contributed by atoms with Gasteiger partial charge in [0.15, 0.2) is 29.5 Å². The van der Waals surface area contributed by atoms with Crippen LogP contribution in [-0.2, 0) is 42.9 Å². The van der Waals surface area contributed by atoms with Crippen LogP contribution in [0.5, 0.6) is 23.0 Å². The van der Waals surface area contributed by atoms with Crippen molar-refractivity contribution in [2.75, 3.05) is 6.61 Å². The lowest BCUT2D eigenvalue weighted by Gasteiger charge is -2.43. The molecule has 3 rings (SSSR count). The summed E-state index contributed by atoms with van der Waals surface area (Å²) in [6.45, 7) is 3.52. The van der Waals surface area contributed by atoms with Gasteiger partial charge in [-0.15, -0.1) is 0 Å². The van der Waals surface area contributed by atoms with Crippen LogP contribution in [0.25, 0.3) is 10.8 Å². The van der Waals surface area contributed by atoms with Crippen molar-refractivity contribution in [1.82, 2.24) is 0 Å². The van der Waals surface area contributed by atoms with Crippen LogP contribution in [0, 0.1) is 0 Å². The summed E-state index contributed by atoms with van der Waals surface area (Å²) in [4.78, 5) is 71.2. The van der Waals surface area contributed by atoms with Gasteiger partial charge in [0.05, 0.1) is 10.9 Å². The minimum absolute atomic E-state index is 0.289. The molecule has 0 saturated carbocycles. The highest BCUT2D eigenvalue weighted by Gasteiger charge is 2.53. The van der Waals surface area contributed by atoms with Gasteiger partial charge < -0.3 is 48.8 Å². The Labute approximate surface area is 235 Å². The number of rotatable bonds is 8. The standard InChI is InChI=1S/C26H26O16/c1-9(27)37-8-17-22(38-10(2)28)23(39-11(3)29)24(40-12(4)30)26(42-17)41-16-7-13-5-14(25(35)36)6-15(31)19(32)18(13)21(34)20(16)33/h5-7,17,22-24,26,33-34H,8H2,1-4H3,(H,31,32)(H,35,36)/t17-,22-,23+,24-,26-/m1/s1. The van der Waals surface area contributed by atoms with Crippen molar-refractivity contribution in [3.8, 4) is 23.0 Å². The molecule has 0 aromatic heterocycles. The molecule has 4 N–H and O–H groups in total. The van der Waals surface area contributed by atoms with Gasteiger partial charge in [-0.3, -0.25) is 24.0 Å². The van der Waals surface area contributed by atoms with Gasteiger partial charge in [0.25, 0.3) is 0 Å². The second-order valence-corrected chi connectivity index (χ2v) is 8.98. The fraction of sp³-hybridized carbons (Fsp3) is 0.385. The number of fused-ring (bicyclic) bond motifs is 1. The fourth-order valence-electron chi connectivity index (χ4n) is 4.18. The maximum absolute atomic E-state index is 12.2. The highest BCUT2D eigenvalue weighted by molar-refractivity contribution is 6.00. The lowest BCUT2D eigenvalue weighted by atomic mass is 9.98. The molecule has 1 fully saturated rings. The van der Waals surface area contributed by atoms with E-state index < -0.39 is 107 Å². The van der Waals surface area contributed by atoms with Crippen LogP contribution in [0.1, 0.15) is 38.1 Å². The topological polar surface area (TPSA) is 239 Å². The Morgan fingerprint density at radius 1 is 0.762 bits per heavy atom. The normalized spacial score (nSPS) is 21.6. The Hall–Kier alpha value is -5.12. The molecular weight excluding hydrogens is 568 g/mol. The molecule has 5 atom stereocenters. The minimum atomic E-state index is -1.83. The van der Waals surface area contributed by atoms with Crippen molar-refractivity contribution < 1.29 is 72.8 Å². The lowest BCUT2D eigenvalue weighted by Crippen LogP contribution is -2.63. The molecule has 1 aliphatic heterocycles. The third kappa shape index (κ3) is 6.95. The maximum atomic E-state index is 12.2. The smallest absolute Gasteiger partial charge is 0.335 e. The number of carbonyl (C=O) groups excluding carboxylic acids is 4. The number of phenolic OH excluding ortho intramolecular Hbond substituents is 2. The van der Waals surface area contributed by atoms with Gasteiger partial charge in [0, 0.05) is 33.8 Å². The number of ether oxygens (including phenoxy) is 6. The Balaban J connectivity index is 2.20. The molecule has 1 aliphatic rings. The molecular formula is C26H26O16. The molecule has 0 radical (unpaired) electrons. The highest BCUT2D eigenvalue weighted by atomic mass is 16.7. The van der Waals surface area contributed by atoms with E-state index in [2.05, 4.69) is 0 Å². The average Bonchev–Trinajstić information content (AvgIpc) is 2.99. The molecule has 0 spiro atoms. The van der Waals surface area contributed by atoms with Crippen molar-refractivity contribution in [3.63, 3.8) is 0 Å². The molecule has 42 heavy (non-hydrogen) atoms. The van der Waals surface area contributed by atoms with E-state index in [1.807, 2.05) is 0 Å². The summed E-state index contributed by atoms with van der Waals surface area (Å²) in [5.41, 5.74) is -1.76. The van der Waals surface area contributed by atoms with Gasteiger partial charge in [0.2, 0.25) is 23.6 Å². The maximum Gasteiger partial charge on any atom is 0.335 e. The van der Waals surface area contributed by atoms with E-state index in [4.69, 9.17) is 28.4 Å². The summed E-state index contributed by atoms with van der Waals surface area (Å²) < 4.78 is 32.3. The third-order valence-electron chi connectivity index (χ3n) is 5.78. The Kier molecular flexibility index (Phi) is 9.42. The van der Waals surface area contributed by atoms with E-state index in [1.54, 1.807) is 0 Å². The summed E-state index contributed by atoms with van der Waals surface area (Å²) >= 11 is 0. The third-order valence-corrected chi connectivity index (χ3v) is 5.78. The van der Waals surface area contributed by atoms with Gasteiger partial charge in [-0.05, 0) is 17.5 Å². The average molecular weight is 594 g/mol. The molecule has 226 valence electrons. The number of aromatic hydroxyl groups is 3. The zero-order chi connectivity index (χ0) is 31.5. The van der Waals surface area contributed by atoms with E-state index in [9.17, 15) is 49.2 Å². The number of phenols is 2. The molecule has 16 nitrogen and oxygen atoms in total. The summed E-state index contributed by atoms with van der Waals surface area (Å²) in [5.74, 6) is -8.91. The fourth-order valence-corrected chi connectivity index (χ4v) is 4.18. The first kappa shape index (κ1) is 31.4. The van der Waals surface area contributed by atoms with E-state index >= 15 is 0 Å². The van der Waals surface area contributed by atoms with Crippen LogP contribution < -0.4 is 10.2 Å². The van der Waals surface area contributed by atoms with Crippen molar-refractivity contribution in [1.29, 1.82) is 0 Å². The molecule has 0 amide bonds. The molecule has 0 unspecified atom stereocenters. The van der Waals surface area contributed by atoms with Crippen LogP contribution in [0.4, 0.5) is 0 Å². The summed E-state index contributed by atoms with van der Waals surface area (Å²) in [6, 6.07) is 2.43. The number of hydrogen-bond acceptors (Lipinski definition) is 15. The Morgan fingerprint density at radius 3 is 1.88 bits per heavy atom. The summed E-state index contributed by atoms with van der Waals surface area (Å²) in [7, 11) is 0. The van der Waals surface area contributed by atoms with Crippen LogP contribution in [0.3, 0.4) is 0 Å². The zero-order valence-corrected chi connectivity index (χ0v) is 22.5. The number of carboxylic acid groups (broad SMARTS) is 1. The number of carboxylic acids is 1. The highest BCUT2D eigenvalue weighted by Crippen LogP contribution is 2.45. The van der Waals surface area contributed by atoms with E-state index in [0.717, 1.165) is 39.8 Å². The molecule has 2 aromatic carbocycles. The minimum Gasteiger partial charge on any atom is -0.504 e. The SMILES string of the molecule is CC(=O)OC[C@H]1O[C@@H](Oc2cc3cc(C(=O)O)cc(=O)c(O)c3c(O)c2O)[C@H](OC(C)=O)[C@@H](OC(C)=O)[C@@H]1OC(C)=O. The largest absolute Gasteiger partial charge is 0.504 e. The molecule has 0 bridgehead atoms. The van der Waals surface area contributed by atoms with Crippen LogP contribution in [-0.4, -0.2) is 87.6 Å². The van der Waals surface area contributed by atoms with Crippen LogP contribution in [0.2, 0.25) is 0 Å². The molecule has 16 heteroatoms. The van der Waals surface area contributed by atoms with E-state index in [1.165, 1.54) is 0 Å². The number of carbonyl (C=O) groups is 5. The predicted octanol–water partition coefficient (Wildman–Crippen LogP) is 0.477. The van der Waals surface area contributed by atoms with Gasteiger partial charge in [-0.2, -0.15) is 0 Å². The van der Waals surface area contributed by atoms with Crippen molar-refractivity contribution in [3.05, 3.63) is 34.0 Å². The molecule has 2 aromatic rings. The molecule has 0 aliphatic carbocycles. The summed E-state index contributed by atoms with van der Waals surface area (Å²) in [5, 5.41) is 40.2. The monoisotopic (exact) mass is 594 g/mol. The second-order valence-electron chi connectivity index (χ2n) is 8.98. The Bertz CT molecular complexity index is 1500. The zero-order valence-electron chi connectivity index (χ0n) is 22.5. The number of hydrogen-bond donors (Lipinski definition) is 4. The van der Waals surface area contributed by atoms with Crippen LogP contribution in [0.15, 0.2) is 23.0 Å². The predicted molar refractivity (Wildman–Crippen MR) is 135 cm³/mol.